The average molecular weight is 490 g/mol. The number of amides is 1. The molecule has 3 aromatic carbocycles. The largest absolute Gasteiger partial charge is 0.497 e. The van der Waals surface area contributed by atoms with Gasteiger partial charge in [-0.2, -0.15) is 0 Å². The van der Waals surface area contributed by atoms with Crippen molar-refractivity contribution in [3.63, 3.8) is 0 Å². The number of ether oxygens (including phenoxy) is 1. The number of aromatic amines is 1. The van der Waals surface area contributed by atoms with Gasteiger partial charge in [-0.15, -0.1) is 0 Å². The molecule has 0 atom stereocenters. The first kappa shape index (κ1) is 23.0. The number of hydrogen-bond donors (Lipinski definition) is 2. The number of anilines is 2. The number of rotatable bonds is 7. The van der Waals surface area contributed by atoms with Gasteiger partial charge in [-0.3, -0.25) is 9.10 Å². The van der Waals surface area contributed by atoms with Crippen LogP contribution in [-0.4, -0.2) is 38.7 Å². The van der Waals surface area contributed by atoms with Gasteiger partial charge in [0.2, 0.25) is 15.9 Å². The summed E-state index contributed by atoms with van der Waals surface area (Å²) in [5.41, 5.74) is 5.29. The normalized spacial score (nSPS) is 14.8. The lowest BCUT2D eigenvalue weighted by molar-refractivity contribution is -0.116. The Morgan fingerprint density at radius 2 is 1.86 bits per heavy atom. The van der Waals surface area contributed by atoms with E-state index in [1.807, 2.05) is 42.5 Å². The minimum atomic E-state index is -3.27. The number of carbonyl (C=O) groups excluding carboxylic acids is 1. The van der Waals surface area contributed by atoms with Gasteiger partial charge in [0, 0.05) is 35.2 Å². The Kier molecular flexibility index (Phi) is 6.21. The highest BCUT2D eigenvalue weighted by Gasteiger charge is 2.28. The first-order valence-electron chi connectivity index (χ1n) is 11.6. The van der Waals surface area contributed by atoms with Gasteiger partial charge >= 0.3 is 0 Å². The van der Waals surface area contributed by atoms with Crippen molar-refractivity contribution in [1.29, 1.82) is 0 Å². The summed E-state index contributed by atoms with van der Waals surface area (Å²) in [4.78, 5) is 16.4. The Labute approximate surface area is 204 Å². The van der Waals surface area contributed by atoms with Crippen LogP contribution >= 0.6 is 0 Å². The highest BCUT2D eigenvalue weighted by molar-refractivity contribution is 7.93. The van der Waals surface area contributed by atoms with Crippen LogP contribution in [-0.2, 0) is 21.2 Å². The second-order valence-electron chi connectivity index (χ2n) is 8.59. The Morgan fingerprint density at radius 1 is 1.06 bits per heavy atom. The number of methoxy groups -OCH3 is 1. The van der Waals surface area contributed by atoms with E-state index in [0.717, 1.165) is 33.5 Å². The number of fused-ring (bicyclic) bond motifs is 1. The van der Waals surface area contributed by atoms with Crippen LogP contribution in [0.25, 0.3) is 22.2 Å². The van der Waals surface area contributed by atoms with Gasteiger partial charge in [-0.1, -0.05) is 24.3 Å². The summed E-state index contributed by atoms with van der Waals surface area (Å²) in [7, 11) is -1.63. The Bertz CT molecular complexity index is 1480. The lowest BCUT2D eigenvalue weighted by atomic mass is 10.0. The van der Waals surface area contributed by atoms with Crippen LogP contribution in [0.5, 0.6) is 5.75 Å². The minimum Gasteiger partial charge on any atom is -0.497 e. The van der Waals surface area contributed by atoms with Crippen LogP contribution in [0, 0.1) is 0 Å². The summed E-state index contributed by atoms with van der Waals surface area (Å²) >= 11 is 0. The van der Waals surface area contributed by atoms with Gasteiger partial charge < -0.3 is 15.0 Å². The zero-order valence-corrected chi connectivity index (χ0v) is 20.3. The summed E-state index contributed by atoms with van der Waals surface area (Å²) in [6, 6.07) is 22.9. The Morgan fingerprint density at radius 3 is 2.60 bits per heavy atom. The van der Waals surface area contributed by atoms with Crippen molar-refractivity contribution < 1.29 is 17.9 Å². The van der Waals surface area contributed by atoms with Gasteiger partial charge in [0.1, 0.15) is 5.75 Å². The number of nitrogens with zero attached hydrogens (tertiary/aromatic N) is 1. The van der Waals surface area contributed by atoms with E-state index in [9.17, 15) is 13.2 Å². The molecule has 1 aliphatic rings. The minimum absolute atomic E-state index is 0.127. The smallest absolute Gasteiger partial charge is 0.235 e. The fraction of sp³-hybridized carbons (Fsp3) is 0.222. The zero-order chi connectivity index (χ0) is 24.4. The number of sulfonamides is 1. The first-order chi connectivity index (χ1) is 16.9. The molecule has 0 unspecified atom stereocenters. The van der Waals surface area contributed by atoms with Gasteiger partial charge in [-0.25, -0.2) is 8.42 Å². The summed E-state index contributed by atoms with van der Waals surface area (Å²) in [6.45, 7) is 0.467. The molecular weight excluding hydrogens is 462 g/mol. The second kappa shape index (κ2) is 9.46. The summed E-state index contributed by atoms with van der Waals surface area (Å²) < 4.78 is 31.2. The Balaban J connectivity index is 1.34. The Hall–Kier alpha value is -3.78. The molecule has 1 saturated heterocycles. The van der Waals surface area contributed by atoms with Crippen molar-refractivity contribution in [1.82, 2.24) is 4.98 Å². The van der Waals surface area contributed by atoms with Crippen LogP contribution in [0.1, 0.15) is 18.4 Å². The third kappa shape index (κ3) is 4.74. The molecule has 2 N–H and O–H groups in total. The van der Waals surface area contributed by atoms with Crippen molar-refractivity contribution >= 4 is 38.2 Å². The van der Waals surface area contributed by atoms with E-state index >= 15 is 0 Å². The van der Waals surface area contributed by atoms with Crippen molar-refractivity contribution in [3.05, 3.63) is 78.4 Å². The van der Waals surface area contributed by atoms with E-state index < -0.39 is 10.0 Å². The number of nitrogens with one attached hydrogen (secondary N) is 2. The summed E-state index contributed by atoms with van der Waals surface area (Å²) in [5, 5.41) is 4.02. The van der Waals surface area contributed by atoms with E-state index in [1.54, 1.807) is 31.4 Å². The molecule has 0 saturated carbocycles. The molecule has 180 valence electrons. The van der Waals surface area contributed by atoms with Crippen LogP contribution < -0.4 is 14.4 Å². The third-order valence-corrected chi connectivity index (χ3v) is 8.18. The number of aryl methyl sites for hydroxylation is 1. The van der Waals surface area contributed by atoms with Gasteiger partial charge in [-0.05, 0) is 72.5 Å². The molecule has 2 heterocycles. The topological polar surface area (TPSA) is 91.5 Å². The number of carbonyl (C=O) groups is 1. The molecule has 7 nitrogen and oxygen atoms in total. The molecule has 5 rings (SSSR count). The molecule has 0 spiro atoms. The third-order valence-electron chi connectivity index (χ3n) is 6.31. The fourth-order valence-electron chi connectivity index (χ4n) is 4.59. The van der Waals surface area contributed by atoms with E-state index in [2.05, 4.69) is 16.4 Å². The highest BCUT2D eigenvalue weighted by Crippen LogP contribution is 2.32. The number of aromatic nitrogens is 1. The van der Waals surface area contributed by atoms with Crippen LogP contribution in [0.4, 0.5) is 11.4 Å². The number of hydrogen-bond acceptors (Lipinski definition) is 4. The molecule has 1 aromatic heterocycles. The highest BCUT2D eigenvalue weighted by atomic mass is 32.2. The van der Waals surface area contributed by atoms with Gasteiger partial charge in [0.25, 0.3) is 0 Å². The van der Waals surface area contributed by atoms with Crippen molar-refractivity contribution in [2.45, 2.75) is 19.3 Å². The summed E-state index contributed by atoms with van der Waals surface area (Å²) in [6.07, 6.45) is 1.45. The van der Waals surface area contributed by atoms with Gasteiger partial charge in [0.05, 0.1) is 18.6 Å². The van der Waals surface area contributed by atoms with Crippen molar-refractivity contribution in [3.8, 4) is 17.0 Å². The van der Waals surface area contributed by atoms with Crippen LogP contribution in [0.3, 0.4) is 0 Å². The van der Waals surface area contributed by atoms with E-state index in [4.69, 9.17) is 4.74 Å². The zero-order valence-electron chi connectivity index (χ0n) is 19.5. The molecule has 8 heteroatoms. The maximum Gasteiger partial charge on any atom is 0.235 e. The first-order valence-corrected chi connectivity index (χ1v) is 13.2. The van der Waals surface area contributed by atoms with Crippen molar-refractivity contribution in [2.24, 2.45) is 0 Å². The molecule has 0 radical (unpaired) electrons. The number of para-hydroxylation sites is 1. The van der Waals surface area contributed by atoms with E-state index in [0.29, 0.717) is 30.8 Å². The molecule has 0 aliphatic carbocycles. The molecular formula is C27H27N3O4S. The predicted molar refractivity (Wildman–Crippen MR) is 139 cm³/mol. The van der Waals surface area contributed by atoms with Gasteiger partial charge in [0.15, 0.2) is 0 Å². The number of benzene rings is 3. The maximum atomic E-state index is 12.9. The maximum absolute atomic E-state index is 12.9. The molecule has 4 aromatic rings. The lowest BCUT2D eigenvalue weighted by Gasteiger charge is -2.17. The lowest BCUT2D eigenvalue weighted by Crippen LogP contribution is -2.25. The monoisotopic (exact) mass is 489 g/mol. The predicted octanol–water partition coefficient (Wildman–Crippen LogP) is 4.95. The van der Waals surface area contributed by atoms with E-state index in [1.165, 1.54) is 4.31 Å². The standard InChI is InChI=1S/C27H27N3O4S/c1-34-22-12-10-19(11-13-22)27-24(23-8-2-3-9-25(23)29-27)14-15-26(31)28-20-6-4-7-21(18-20)30-16-5-17-35(30,32)33/h2-4,6-13,18,29H,5,14-17H2,1H3,(H,28,31). The molecule has 1 aliphatic heterocycles. The quantitative estimate of drug-likeness (QED) is 0.384. The van der Waals surface area contributed by atoms with E-state index in [-0.39, 0.29) is 18.1 Å². The SMILES string of the molecule is COc1ccc(-c2[nH]c3ccccc3c2CCC(=O)Nc2cccc(N3CCCS3(=O)=O)c2)cc1. The van der Waals surface area contributed by atoms with Crippen LogP contribution in [0.2, 0.25) is 0 Å². The number of H-pyrrole nitrogens is 1. The molecule has 35 heavy (non-hydrogen) atoms. The molecule has 0 bridgehead atoms. The molecule has 1 fully saturated rings. The van der Waals surface area contributed by atoms with Crippen LogP contribution in [0.15, 0.2) is 72.8 Å². The van der Waals surface area contributed by atoms with Crippen molar-refractivity contribution in [2.75, 3.05) is 29.0 Å². The average Bonchev–Trinajstić information content (AvgIpc) is 3.42. The summed E-state index contributed by atoms with van der Waals surface area (Å²) in [5.74, 6) is 0.817. The second-order valence-corrected chi connectivity index (χ2v) is 10.6. The molecule has 1 amide bonds. The fourth-order valence-corrected chi connectivity index (χ4v) is 6.15.